The summed E-state index contributed by atoms with van der Waals surface area (Å²) in [6, 6.07) is 14.9. The fourth-order valence-corrected chi connectivity index (χ4v) is 2.88. The first-order valence-electron chi connectivity index (χ1n) is 6.33. The summed E-state index contributed by atoms with van der Waals surface area (Å²) < 4.78 is 12.8. The molecule has 0 saturated heterocycles. The highest BCUT2D eigenvalue weighted by Crippen LogP contribution is 2.22. The summed E-state index contributed by atoms with van der Waals surface area (Å²) in [5.74, 6) is 0.661. The smallest absolute Gasteiger partial charge is 0.123 e. The van der Waals surface area contributed by atoms with Crippen LogP contribution in [0.1, 0.15) is 11.1 Å². The third-order valence-corrected chi connectivity index (χ3v) is 4.32. The van der Waals surface area contributed by atoms with Crippen molar-refractivity contribution in [2.75, 3.05) is 5.75 Å². The quantitative estimate of drug-likeness (QED) is 0.840. The summed E-state index contributed by atoms with van der Waals surface area (Å²) in [5.41, 5.74) is 8.49. The van der Waals surface area contributed by atoms with E-state index in [-0.39, 0.29) is 11.9 Å². The van der Waals surface area contributed by atoms with Crippen LogP contribution in [0, 0.1) is 12.7 Å². The van der Waals surface area contributed by atoms with E-state index in [1.54, 1.807) is 23.9 Å². The number of benzene rings is 2. The van der Waals surface area contributed by atoms with E-state index in [4.69, 9.17) is 5.73 Å². The summed E-state index contributed by atoms with van der Waals surface area (Å²) >= 11 is 1.78. The molecule has 0 spiro atoms. The molecule has 0 aliphatic carbocycles. The molecule has 0 saturated carbocycles. The minimum Gasteiger partial charge on any atom is -0.327 e. The van der Waals surface area contributed by atoms with Crippen molar-refractivity contribution >= 4 is 11.8 Å². The first-order valence-corrected chi connectivity index (χ1v) is 7.32. The van der Waals surface area contributed by atoms with Gasteiger partial charge in [0.05, 0.1) is 0 Å². The molecule has 2 N–H and O–H groups in total. The summed E-state index contributed by atoms with van der Waals surface area (Å²) in [6.45, 7) is 2.10. The van der Waals surface area contributed by atoms with Gasteiger partial charge in [0.25, 0.3) is 0 Å². The molecular weight excluding hydrogens is 257 g/mol. The van der Waals surface area contributed by atoms with E-state index >= 15 is 0 Å². The highest BCUT2D eigenvalue weighted by Gasteiger charge is 2.06. The number of halogens is 1. The molecule has 1 atom stereocenters. The Kier molecular flexibility index (Phi) is 5.00. The molecule has 0 heterocycles. The minimum absolute atomic E-state index is 0.0788. The molecular formula is C16H18FNS. The Labute approximate surface area is 118 Å². The van der Waals surface area contributed by atoms with Crippen molar-refractivity contribution in [2.45, 2.75) is 24.3 Å². The first kappa shape index (κ1) is 14.1. The van der Waals surface area contributed by atoms with Crippen LogP contribution in [0.25, 0.3) is 0 Å². The lowest BCUT2D eigenvalue weighted by Gasteiger charge is -2.12. The number of aryl methyl sites for hydroxylation is 1. The molecule has 1 nitrogen and oxygen atoms in total. The monoisotopic (exact) mass is 275 g/mol. The average Bonchev–Trinajstić information content (AvgIpc) is 2.40. The Morgan fingerprint density at radius 3 is 2.47 bits per heavy atom. The molecule has 2 aromatic carbocycles. The van der Waals surface area contributed by atoms with E-state index in [0.29, 0.717) is 0 Å². The van der Waals surface area contributed by atoms with E-state index in [1.807, 2.05) is 12.1 Å². The van der Waals surface area contributed by atoms with Gasteiger partial charge in [0.15, 0.2) is 0 Å². The second kappa shape index (κ2) is 6.73. The Balaban J connectivity index is 1.86. The van der Waals surface area contributed by atoms with E-state index < -0.39 is 0 Å². The topological polar surface area (TPSA) is 26.0 Å². The van der Waals surface area contributed by atoms with Crippen LogP contribution in [0.15, 0.2) is 53.4 Å². The van der Waals surface area contributed by atoms with E-state index in [9.17, 15) is 4.39 Å². The van der Waals surface area contributed by atoms with E-state index in [1.165, 1.54) is 22.6 Å². The van der Waals surface area contributed by atoms with Crippen LogP contribution in [0.3, 0.4) is 0 Å². The van der Waals surface area contributed by atoms with Gasteiger partial charge in [0.1, 0.15) is 5.82 Å². The third kappa shape index (κ3) is 4.37. The molecule has 0 amide bonds. The lowest BCUT2D eigenvalue weighted by atomic mass is 10.1. The van der Waals surface area contributed by atoms with Crippen molar-refractivity contribution in [3.05, 3.63) is 65.5 Å². The van der Waals surface area contributed by atoms with E-state index in [0.717, 1.165) is 17.7 Å². The lowest BCUT2D eigenvalue weighted by Crippen LogP contribution is -2.25. The molecule has 2 aromatic rings. The predicted molar refractivity (Wildman–Crippen MR) is 80.0 cm³/mol. The maximum atomic E-state index is 12.8. The van der Waals surface area contributed by atoms with E-state index in [2.05, 4.69) is 19.1 Å². The van der Waals surface area contributed by atoms with Gasteiger partial charge in [-0.3, -0.25) is 0 Å². The number of thioether (sulfide) groups is 1. The second-order valence-electron chi connectivity index (χ2n) is 4.67. The molecule has 0 aromatic heterocycles. The Hall–Kier alpha value is -1.32. The largest absolute Gasteiger partial charge is 0.327 e. The van der Waals surface area contributed by atoms with Crippen molar-refractivity contribution in [2.24, 2.45) is 5.73 Å². The molecule has 100 valence electrons. The highest BCUT2D eigenvalue weighted by atomic mass is 32.2. The molecule has 0 aliphatic rings. The molecule has 19 heavy (non-hydrogen) atoms. The van der Waals surface area contributed by atoms with Gasteiger partial charge in [-0.05, 0) is 42.7 Å². The zero-order valence-electron chi connectivity index (χ0n) is 11.0. The van der Waals surface area contributed by atoms with Gasteiger partial charge in [-0.1, -0.05) is 30.3 Å². The molecule has 2 rings (SSSR count). The molecule has 0 fully saturated rings. The molecule has 1 unspecified atom stereocenters. The number of rotatable bonds is 5. The van der Waals surface area contributed by atoms with Crippen LogP contribution >= 0.6 is 11.8 Å². The van der Waals surface area contributed by atoms with Crippen LogP contribution in [-0.2, 0) is 6.42 Å². The summed E-state index contributed by atoms with van der Waals surface area (Å²) in [6.07, 6.45) is 0.777. The fourth-order valence-electron chi connectivity index (χ4n) is 1.90. The third-order valence-electron chi connectivity index (χ3n) is 2.96. The summed E-state index contributed by atoms with van der Waals surface area (Å²) in [5, 5.41) is 0. The number of hydrogen-bond acceptors (Lipinski definition) is 2. The standard InChI is InChI=1S/C16H18FNS/c1-12-4-2-3-5-16(12)19-11-15(18)10-13-6-8-14(17)9-7-13/h2-9,15H,10-11,18H2,1H3. The number of nitrogens with two attached hydrogens (primary N) is 1. The average molecular weight is 275 g/mol. The van der Waals surface area contributed by atoms with Gasteiger partial charge in [0.2, 0.25) is 0 Å². The summed E-state index contributed by atoms with van der Waals surface area (Å²) in [7, 11) is 0. The van der Waals surface area contributed by atoms with Gasteiger partial charge in [-0.15, -0.1) is 11.8 Å². The maximum absolute atomic E-state index is 12.8. The SMILES string of the molecule is Cc1ccccc1SCC(N)Cc1ccc(F)cc1. The second-order valence-corrected chi connectivity index (χ2v) is 5.73. The Morgan fingerprint density at radius 1 is 1.11 bits per heavy atom. The van der Waals surface area contributed by atoms with Gasteiger partial charge in [-0.2, -0.15) is 0 Å². The first-order chi connectivity index (χ1) is 9.15. The highest BCUT2D eigenvalue weighted by molar-refractivity contribution is 7.99. The Bertz CT molecular complexity index is 525. The lowest BCUT2D eigenvalue weighted by molar-refractivity contribution is 0.626. The Morgan fingerprint density at radius 2 is 1.79 bits per heavy atom. The van der Waals surface area contributed by atoms with Gasteiger partial charge >= 0.3 is 0 Å². The molecule has 3 heteroatoms. The molecule has 0 radical (unpaired) electrons. The maximum Gasteiger partial charge on any atom is 0.123 e. The normalized spacial score (nSPS) is 12.4. The van der Waals surface area contributed by atoms with Crippen LogP contribution in [-0.4, -0.2) is 11.8 Å². The summed E-state index contributed by atoms with van der Waals surface area (Å²) in [4.78, 5) is 1.28. The van der Waals surface area contributed by atoms with Gasteiger partial charge in [-0.25, -0.2) is 4.39 Å². The van der Waals surface area contributed by atoms with Crippen molar-refractivity contribution in [1.29, 1.82) is 0 Å². The van der Waals surface area contributed by atoms with Crippen LogP contribution < -0.4 is 5.73 Å². The van der Waals surface area contributed by atoms with Gasteiger partial charge < -0.3 is 5.73 Å². The van der Waals surface area contributed by atoms with Crippen molar-refractivity contribution < 1.29 is 4.39 Å². The fraction of sp³-hybridized carbons (Fsp3) is 0.250. The van der Waals surface area contributed by atoms with Crippen molar-refractivity contribution in [3.63, 3.8) is 0 Å². The minimum atomic E-state index is -0.202. The van der Waals surface area contributed by atoms with Crippen LogP contribution in [0.2, 0.25) is 0 Å². The van der Waals surface area contributed by atoms with Gasteiger partial charge in [0, 0.05) is 16.7 Å². The van der Waals surface area contributed by atoms with Crippen molar-refractivity contribution in [1.82, 2.24) is 0 Å². The zero-order chi connectivity index (χ0) is 13.7. The zero-order valence-corrected chi connectivity index (χ0v) is 11.8. The molecule has 0 bridgehead atoms. The van der Waals surface area contributed by atoms with Crippen LogP contribution in [0.5, 0.6) is 0 Å². The van der Waals surface area contributed by atoms with Crippen molar-refractivity contribution in [3.8, 4) is 0 Å². The number of hydrogen-bond donors (Lipinski definition) is 1. The molecule has 0 aliphatic heterocycles. The predicted octanol–water partition coefficient (Wildman–Crippen LogP) is 3.80. The van der Waals surface area contributed by atoms with Crippen LogP contribution in [0.4, 0.5) is 4.39 Å².